The van der Waals surface area contributed by atoms with E-state index in [1.54, 1.807) is 19.1 Å². The van der Waals surface area contributed by atoms with Crippen LogP contribution >= 0.6 is 0 Å². The van der Waals surface area contributed by atoms with Gasteiger partial charge in [-0.1, -0.05) is 36.8 Å². The van der Waals surface area contributed by atoms with Gasteiger partial charge in [-0.15, -0.1) is 0 Å². The second-order valence-electron chi connectivity index (χ2n) is 5.46. The Morgan fingerprint density at radius 3 is 2.36 bits per heavy atom. The lowest BCUT2D eigenvalue weighted by Gasteiger charge is -2.08. The van der Waals surface area contributed by atoms with Gasteiger partial charge in [-0.3, -0.25) is 4.79 Å². The molecule has 0 aliphatic heterocycles. The summed E-state index contributed by atoms with van der Waals surface area (Å²) in [4.78, 5) is 12.3. The molecule has 22 heavy (non-hydrogen) atoms. The zero-order valence-electron chi connectivity index (χ0n) is 12.9. The Bertz CT molecular complexity index is 718. The number of nitriles is 1. The number of sulfone groups is 1. The number of rotatable bonds is 5. The highest BCUT2D eigenvalue weighted by atomic mass is 32.2. The molecule has 5 nitrogen and oxygen atoms in total. The topological polar surface area (TPSA) is 84.2 Å². The summed E-state index contributed by atoms with van der Waals surface area (Å²) in [6.45, 7) is 5.18. The van der Waals surface area contributed by atoms with Gasteiger partial charge in [0.1, 0.15) is 5.25 Å². The summed E-state index contributed by atoms with van der Waals surface area (Å²) in [6.07, 6.45) is 0. The van der Waals surface area contributed by atoms with Crippen LogP contribution in [0.1, 0.15) is 30.9 Å². The van der Waals surface area contributed by atoms with Crippen LogP contribution in [0.4, 0.5) is 0 Å². The van der Waals surface area contributed by atoms with Gasteiger partial charge >= 0.3 is 5.97 Å². The minimum Gasteiger partial charge on any atom is -0.465 e. The fourth-order valence-electron chi connectivity index (χ4n) is 2.91. The van der Waals surface area contributed by atoms with Gasteiger partial charge in [0.2, 0.25) is 0 Å². The average Bonchev–Trinajstić information content (AvgIpc) is 3.20. The Morgan fingerprint density at radius 2 is 1.91 bits per heavy atom. The number of carbonyl (C=O) groups excluding carboxylic acids is 1. The molecule has 0 radical (unpaired) electrons. The van der Waals surface area contributed by atoms with Crippen molar-refractivity contribution in [1.82, 2.24) is 0 Å². The number of ether oxygens (including phenoxy) is 1. The molecule has 0 N–H and O–H groups in total. The fraction of sp³-hybridized carbons (Fsp3) is 0.500. The normalized spacial score (nSPS) is 27.0. The van der Waals surface area contributed by atoms with Gasteiger partial charge < -0.3 is 4.74 Å². The zero-order chi connectivity index (χ0) is 16.5. The molecule has 0 unspecified atom stereocenters. The first-order valence-corrected chi connectivity index (χ1v) is 8.93. The first-order valence-electron chi connectivity index (χ1n) is 7.21. The lowest BCUT2D eigenvalue weighted by molar-refractivity contribution is -0.147. The number of esters is 1. The first-order chi connectivity index (χ1) is 10.3. The SMILES string of the molecule is CCOC(=O)[C@@]1(C#N)[C@H](S(=O)(=O)CC)[C@@H]1c1ccc(C)cc1. The van der Waals surface area contributed by atoms with Crippen LogP contribution in [0.5, 0.6) is 0 Å². The van der Waals surface area contributed by atoms with Crippen molar-refractivity contribution in [3.63, 3.8) is 0 Å². The van der Waals surface area contributed by atoms with Gasteiger partial charge in [0, 0.05) is 11.7 Å². The lowest BCUT2D eigenvalue weighted by atomic mass is 10.00. The molecule has 1 aliphatic rings. The number of hydrogen-bond donors (Lipinski definition) is 0. The standard InChI is InChI=1S/C16H19NO4S/c1-4-21-15(18)16(10-17)13(14(16)22(19,20)5-2)12-8-6-11(3)7-9-12/h6-9,13-14H,4-5H2,1-3H3/t13-,14+,16+/m0/s1. The summed E-state index contributed by atoms with van der Waals surface area (Å²) >= 11 is 0. The molecular formula is C16H19NO4S. The Labute approximate surface area is 130 Å². The highest BCUT2D eigenvalue weighted by Crippen LogP contribution is 2.63. The van der Waals surface area contributed by atoms with E-state index >= 15 is 0 Å². The van der Waals surface area contributed by atoms with Crippen molar-refractivity contribution in [3.8, 4) is 6.07 Å². The predicted octanol–water partition coefficient (Wildman–Crippen LogP) is 1.97. The van der Waals surface area contributed by atoms with Crippen molar-refractivity contribution >= 4 is 15.8 Å². The van der Waals surface area contributed by atoms with E-state index in [0.29, 0.717) is 5.56 Å². The largest absolute Gasteiger partial charge is 0.465 e. The van der Waals surface area contributed by atoms with Gasteiger partial charge in [-0.2, -0.15) is 5.26 Å². The van der Waals surface area contributed by atoms with Crippen molar-refractivity contribution < 1.29 is 17.9 Å². The molecule has 1 fully saturated rings. The maximum Gasteiger partial charge on any atom is 0.328 e. The molecule has 0 aromatic heterocycles. The molecule has 1 aromatic rings. The molecule has 118 valence electrons. The molecule has 0 amide bonds. The third kappa shape index (κ3) is 2.40. The maximum atomic E-state index is 12.3. The molecule has 1 aromatic carbocycles. The minimum absolute atomic E-state index is 0.108. The van der Waals surface area contributed by atoms with Gasteiger partial charge in [0.15, 0.2) is 15.3 Å². The van der Waals surface area contributed by atoms with Crippen LogP contribution in [-0.4, -0.2) is 32.0 Å². The molecule has 0 heterocycles. The van der Waals surface area contributed by atoms with Crippen molar-refractivity contribution in [3.05, 3.63) is 35.4 Å². The van der Waals surface area contributed by atoms with Gasteiger partial charge in [-0.25, -0.2) is 8.42 Å². The summed E-state index contributed by atoms with van der Waals surface area (Å²) in [5.41, 5.74) is 0.0836. The first kappa shape index (κ1) is 16.5. The molecule has 0 spiro atoms. The smallest absolute Gasteiger partial charge is 0.328 e. The Morgan fingerprint density at radius 1 is 1.32 bits per heavy atom. The van der Waals surface area contributed by atoms with Crippen LogP contribution in [0.3, 0.4) is 0 Å². The number of hydrogen-bond acceptors (Lipinski definition) is 5. The Balaban J connectivity index is 2.52. The number of carbonyl (C=O) groups is 1. The Hall–Kier alpha value is -1.87. The van der Waals surface area contributed by atoms with E-state index in [4.69, 9.17) is 4.74 Å². The second kappa shape index (κ2) is 5.73. The summed E-state index contributed by atoms with van der Waals surface area (Å²) in [5.74, 6) is -1.52. The van der Waals surface area contributed by atoms with Crippen LogP contribution < -0.4 is 0 Å². The zero-order valence-corrected chi connectivity index (χ0v) is 13.7. The van der Waals surface area contributed by atoms with Crippen LogP contribution in [0.15, 0.2) is 24.3 Å². The second-order valence-corrected chi connectivity index (χ2v) is 7.87. The minimum atomic E-state index is -3.54. The van der Waals surface area contributed by atoms with E-state index in [9.17, 15) is 18.5 Å². The van der Waals surface area contributed by atoms with Crippen molar-refractivity contribution in [2.24, 2.45) is 5.41 Å². The number of nitrogens with zero attached hydrogens (tertiary/aromatic N) is 1. The predicted molar refractivity (Wildman–Crippen MR) is 81.8 cm³/mol. The van der Waals surface area contributed by atoms with Crippen molar-refractivity contribution in [2.75, 3.05) is 12.4 Å². The maximum absolute atomic E-state index is 12.3. The van der Waals surface area contributed by atoms with Crippen LogP contribution in [0.2, 0.25) is 0 Å². The van der Waals surface area contributed by atoms with E-state index in [1.165, 1.54) is 6.92 Å². The van der Waals surface area contributed by atoms with Crippen LogP contribution in [0, 0.1) is 23.7 Å². The van der Waals surface area contributed by atoms with E-state index < -0.39 is 32.4 Å². The molecule has 6 heteroatoms. The average molecular weight is 321 g/mol. The van der Waals surface area contributed by atoms with Gasteiger partial charge in [0.25, 0.3) is 0 Å². The monoisotopic (exact) mass is 321 g/mol. The molecule has 1 saturated carbocycles. The molecule has 0 bridgehead atoms. The quantitative estimate of drug-likeness (QED) is 0.774. The van der Waals surface area contributed by atoms with E-state index in [1.807, 2.05) is 25.1 Å². The van der Waals surface area contributed by atoms with Crippen LogP contribution in [-0.2, 0) is 19.4 Å². The van der Waals surface area contributed by atoms with Crippen molar-refractivity contribution in [1.29, 1.82) is 5.26 Å². The highest BCUT2D eigenvalue weighted by Gasteiger charge is 2.77. The molecule has 0 saturated heterocycles. The molecule has 2 rings (SSSR count). The summed E-state index contributed by atoms with van der Waals surface area (Å²) in [6, 6.07) is 9.17. The van der Waals surface area contributed by atoms with Crippen molar-refractivity contribution in [2.45, 2.75) is 31.9 Å². The Kier molecular flexibility index (Phi) is 4.30. The molecule has 3 atom stereocenters. The lowest BCUT2D eigenvalue weighted by Crippen LogP contribution is -2.26. The number of benzene rings is 1. The number of aryl methyl sites for hydroxylation is 1. The third-order valence-electron chi connectivity index (χ3n) is 4.16. The molecular weight excluding hydrogens is 302 g/mol. The third-order valence-corrected chi connectivity index (χ3v) is 6.38. The summed E-state index contributed by atoms with van der Waals surface area (Å²) < 4.78 is 29.7. The fourth-order valence-corrected chi connectivity index (χ4v) is 4.84. The van der Waals surface area contributed by atoms with E-state index in [-0.39, 0.29) is 12.4 Å². The van der Waals surface area contributed by atoms with E-state index in [0.717, 1.165) is 5.56 Å². The summed E-state index contributed by atoms with van der Waals surface area (Å²) in [7, 11) is -3.54. The molecule has 1 aliphatic carbocycles. The summed E-state index contributed by atoms with van der Waals surface area (Å²) in [5, 5.41) is 8.52. The van der Waals surface area contributed by atoms with E-state index in [2.05, 4.69) is 0 Å². The van der Waals surface area contributed by atoms with Gasteiger partial charge in [-0.05, 0) is 19.4 Å². The van der Waals surface area contributed by atoms with Crippen LogP contribution in [0.25, 0.3) is 0 Å². The highest BCUT2D eigenvalue weighted by molar-refractivity contribution is 7.92. The van der Waals surface area contributed by atoms with Gasteiger partial charge in [0.05, 0.1) is 12.7 Å².